The molecule has 348 valence electrons. The summed E-state index contributed by atoms with van der Waals surface area (Å²) in [5.74, 6) is 1.95. The zero-order chi connectivity index (χ0) is 47.1. The van der Waals surface area contributed by atoms with Gasteiger partial charge >= 0.3 is 6.01 Å². The molecule has 3 aliphatic heterocycles. The number of phenols is 2. The number of rotatable bonds is 11. The average Bonchev–Trinajstić information content (AvgIpc) is 3.70. The van der Waals surface area contributed by atoms with E-state index < -0.39 is 0 Å². The van der Waals surface area contributed by atoms with Crippen molar-refractivity contribution >= 4 is 46.3 Å². The second-order valence-electron chi connectivity index (χ2n) is 17.7. The lowest BCUT2D eigenvalue weighted by Crippen LogP contribution is -2.51. The lowest BCUT2D eigenvalue weighted by molar-refractivity contribution is -0.138. The van der Waals surface area contributed by atoms with Gasteiger partial charge in [0.05, 0.1) is 41.0 Å². The molecule has 0 atom stereocenters. The number of phenolic OH excluding ortho intramolecular Hbond substituents is 2. The Hall–Kier alpha value is -7.40. The molecule has 3 N–H and O–H groups in total. The van der Waals surface area contributed by atoms with Crippen LogP contribution in [0.1, 0.15) is 61.0 Å². The Morgan fingerprint density at radius 1 is 0.821 bits per heavy atom. The topological polar surface area (TPSA) is 180 Å². The van der Waals surface area contributed by atoms with Gasteiger partial charge in [0.15, 0.2) is 11.6 Å². The van der Waals surface area contributed by atoms with Crippen molar-refractivity contribution in [2.75, 3.05) is 86.6 Å². The number of nitrogens with zero attached hydrogens (tertiary/aromatic N) is 11. The van der Waals surface area contributed by atoms with Gasteiger partial charge in [0, 0.05) is 90.7 Å². The lowest BCUT2D eigenvalue weighted by atomic mass is 9.94. The van der Waals surface area contributed by atoms with E-state index in [1.54, 1.807) is 24.2 Å². The summed E-state index contributed by atoms with van der Waals surface area (Å²) in [5, 5.41) is 39.8. The van der Waals surface area contributed by atoms with Gasteiger partial charge in [-0.3, -0.25) is 14.5 Å². The lowest BCUT2D eigenvalue weighted by Gasteiger charge is -2.39. The molecule has 0 bridgehead atoms. The molecule has 2 saturated heterocycles. The maximum absolute atomic E-state index is 13.8. The molecule has 0 saturated carbocycles. The van der Waals surface area contributed by atoms with Crippen LogP contribution in [0, 0.1) is 5.92 Å². The minimum atomic E-state index is -0.314. The van der Waals surface area contributed by atoms with Crippen molar-refractivity contribution < 1.29 is 29.6 Å². The molecule has 67 heavy (non-hydrogen) atoms. The molecule has 5 heterocycles. The monoisotopic (exact) mass is 907 g/mol. The fourth-order valence-electron chi connectivity index (χ4n) is 9.41. The van der Waals surface area contributed by atoms with E-state index in [9.17, 15) is 24.9 Å². The number of amides is 2. The largest absolute Gasteiger partial charge is 0.508 e. The number of hydrogen-bond acceptors (Lipinski definition) is 14. The number of carbonyl (C=O) groups excluding carboxylic acids is 2. The third kappa shape index (κ3) is 8.62. The third-order valence-corrected chi connectivity index (χ3v) is 13.3. The van der Waals surface area contributed by atoms with Gasteiger partial charge in [0.2, 0.25) is 11.9 Å². The molecular formula is C50H57N11O6. The molecule has 9 rings (SSSR count). The summed E-state index contributed by atoms with van der Waals surface area (Å²) in [4.78, 5) is 48.9. The summed E-state index contributed by atoms with van der Waals surface area (Å²) in [6, 6.07) is 24.1. The summed E-state index contributed by atoms with van der Waals surface area (Å²) in [6.07, 6.45) is 3.23. The van der Waals surface area contributed by atoms with E-state index in [1.165, 1.54) is 10.6 Å². The number of piperidine rings is 1. The summed E-state index contributed by atoms with van der Waals surface area (Å²) in [7, 11) is 5.56. The first-order valence-corrected chi connectivity index (χ1v) is 22.9. The minimum Gasteiger partial charge on any atom is -0.508 e. The highest BCUT2D eigenvalue weighted by atomic mass is 16.5. The van der Waals surface area contributed by atoms with E-state index in [1.807, 2.05) is 104 Å². The van der Waals surface area contributed by atoms with E-state index >= 15 is 0 Å². The fraction of sp³-hybridized carbons (Fsp3) is 0.360. The van der Waals surface area contributed by atoms with Crippen LogP contribution in [-0.4, -0.2) is 129 Å². The van der Waals surface area contributed by atoms with Gasteiger partial charge in [-0.05, 0) is 79.3 Å². The Morgan fingerprint density at radius 2 is 1.54 bits per heavy atom. The Morgan fingerprint density at radius 3 is 2.25 bits per heavy atom. The van der Waals surface area contributed by atoms with E-state index in [0.29, 0.717) is 71.8 Å². The van der Waals surface area contributed by atoms with Gasteiger partial charge in [-0.25, -0.2) is 9.55 Å². The standard InChI is InChI=1S/C50H57N11O6/c1-7-67-44-26-35(16-17-40(44)57(6)49-51-29-41-46(52-49)55(4)39-11-9-8-10-36(39)48(65)56(41)5)59-20-18-33(19-21-59)47(64)60-24-22-58(23-25-60)30-32-12-14-34(15-13-32)61-45(53-54-50(61)66)38-27-37(31(2)3)42(62)28-43(38)63/h8-17,26-29,31,33,62-63H,7,18-25,30H2,1-6H3,(H,54,66). The molecule has 17 heteroatoms. The van der Waals surface area contributed by atoms with Crippen LogP contribution in [0.15, 0.2) is 85.1 Å². The van der Waals surface area contributed by atoms with Gasteiger partial charge in [0.25, 0.3) is 5.91 Å². The van der Waals surface area contributed by atoms with Gasteiger partial charge < -0.3 is 44.6 Å². The van der Waals surface area contributed by atoms with Gasteiger partial charge in [-0.2, -0.15) is 4.98 Å². The van der Waals surface area contributed by atoms with Crippen molar-refractivity contribution in [3.63, 3.8) is 0 Å². The van der Waals surface area contributed by atoms with Crippen LogP contribution in [0.2, 0.25) is 0 Å². The van der Waals surface area contributed by atoms with Crippen molar-refractivity contribution in [2.24, 2.45) is 5.92 Å². The average molecular weight is 908 g/mol. The Bertz CT molecular complexity index is 2800. The Balaban J connectivity index is 0.796. The Kier molecular flexibility index (Phi) is 12.3. The van der Waals surface area contributed by atoms with E-state index in [-0.39, 0.29) is 47.0 Å². The smallest absolute Gasteiger partial charge is 0.319 e. The highest BCUT2D eigenvalue weighted by Gasteiger charge is 2.33. The van der Waals surface area contributed by atoms with Crippen LogP contribution in [0.4, 0.5) is 34.5 Å². The highest BCUT2D eigenvalue weighted by molar-refractivity contribution is 6.13. The molecule has 6 aromatic rings. The molecule has 0 unspecified atom stereocenters. The van der Waals surface area contributed by atoms with Crippen LogP contribution in [-0.2, 0) is 11.3 Å². The number of benzene rings is 4. The molecule has 2 fully saturated rings. The molecule has 2 aromatic heterocycles. The fourth-order valence-corrected chi connectivity index (χ4v) is 9.41. The second-order valence-corrected chi connectivity index (χ2v) is 17.7. The maximum Gasteiger partial charge on any atom is 0.319 e. The number of aromatic nitrogens is 5. The molecule has 4 aromatic carbocycles. The molecule has 17 nitrogen and oxygen atoms in total. The number of carbonyl (C=O) groups is 2. The molecule has 2 amide bonds. The highest BCUT2D eigenvalue weighted by Crippen LogP contribution is 2.42. The number of fused-ring (bicyclic) bond motifs is 2. The predicted molar refractivity (Wildman–Crippen MR) is 258 cm³/mol. The van der Waals surface area contributed by atoms with Gasteiger partial charge in [0.1, 0.15) is 22.9 Å². The van der Waals surface area contributed by atoms with E-state index in [0.717, 1.165) is 61.6 Å². The summed E-state index contributed by atoms with van der Waals surface area (Å²) < 4.78 is 7.68. The van der Waals surface area contributed by atoms with Crippen LogP contribution >= 0.6 is 0 Å². The number of ether oxygens (including phenoxy) is 1. The number of aromatic hydroxyl groups is 3. The molecule has 0 spiro atoms. The van der Waals surface area contributed by atoms with Crippen molar-refractivity contribution in [1.82, 2.24) is 34.5 Å². The maximum atomic E-state index is 13.8. The Labute approximate surface area is 390 Å². The third-order valence-electron chi connectivity index (χ3n) is 13.3. The number of piperazine rings is 1. The quantitative estimate of drug-likeness (QED) is 0.120. The zero-order valence-corrected chi connectivity index (χ0v) is 38.8. The molecule has 3 aliphatic rings. The van der Waals surface area contributed by atoms with Gasteiger partial charge in [-0.15, -0.1) is 5.10 Å². The van der Waals surface area contributed by atoms with Gasteiger partial charge in [-0.1, -0.05) is 43.2 Å². The van der Waals surface area contributed by atoms with Crippen molar-refractivity contribution in [3.05, 3.63) is 102 Å². The van der Waals surface area contributed by atoms with Crippen molar-refractivity contribution in [2.45, 2.75) is 46.1 Å². The van der Waals surface area contributed by atoms with Crippen LogP contribution < -0.4 is 24.3 Å². The van der Waals surface area contributed by atoms with Crippen LogP contribution in [0.3, 0.4) is 0 Å². The summed E-state index contributed by atoms with van der Waals surface area (Å²) in [6.45, 7) is 11.4. The van der Waals surface area contributed by atoms with Crippen molar-refractivity contribution in [1.29, 1.82) is 0 Å². The molecular weight excluding hydrogens is 851 g/mol. The first kappa shape index (κ1) is 44.8. The van der Waals surface area contributed by atoms with Crippen molar-refractivity contribution in [3.8, 4) is 40.3 Å². The number of para-hydroxylation sites is 1. The normalized spacial score (nSPS) is 15.7. The van der Waals surface area contributed by atoms with E-state index in [4.69, 9.17) is 14.7 Å². The van der Waals surface area contributed by atoms with Crippen LogP contribution in [0.25, 0.3) is 17.1 Å². The van der Waals surface area contributed by atoms with Crippen LogP contribution in [0.5, 0.6) is 23.3 Å². The summed E-state index contributed by atoms with van der Waals surface area (Å²) >= 11 is 0. The number of anilines is 6. The molecule has 0 radical (unpaired) electrons. The SMILES string of the molecule is CCOc1cc(N2CCC(C(=O)N3CCN(Cc4ccc(-n5c(O)nnc5-c5cc(C(C)C)c(O)cc5O)cc4)CC3)CC2)ccc1N(C)c1ncc2c(n1)N(C)c1ccccc1C(=O)N2C. The predicted octanol–water partition coefficient (Wildman–Crippen LogP) is 7.05. The minimum absolute atomic E-state index is 0.0000157. The summed E-state index contributed by atoms with van der Waals surface area (Å²) in [5.41, 5.74) is 6.54. The first-order chi connectivity index (χ1) is 32.3. The van der Waals surface area contributed by atoms with E-state index in [2.05, 4.69) is 32.1 Å². The molecule has 0 aliphatic carbocycles. The second kappa shape index (κ2) is 18.5. The number of hydrogen-bond donors (Lipinski definition) is 3. The first-order valence-electron chi connectivity index (χ1n) is 22.9. The zero-order valence-electron chi connectivity index (χ0n) is 38.8.